The topological polar surface area (TPSA) is 12.0 Å². The molecule has 1 aromatic carbocycles. The number of halogens is 2. The molecule has 2 atom stereocenters. The number of nitrogens with one attached hydrogen (secondary N) is 1. The minimum atomic E-state index is 0.567. The second kappa shape index (κ2) is 7.25. The van der Waals surface area contributed by atoms with E-state index < -0.39 is 0 Å². The highest BCUT2D eigenvalue weighted by Crippen LogP contribution is 2.24. The molecule has 1 aromatic rings. The maximum Gasteiger partial charge on any atom is 0.0595 e. The van der Waals surface area contributed by atoms with Crippen LogP contribution < -0.4 is 5.32 Å². The molecule has 96 valence electrons. The van der Waals surface area contributed by atoms with Gasteiger partial charge in [-0.1, -0.05) is 43.1 Å². The van der Waals surface area contributed by atoms with Crippen LogP contribution in [0, 0.1) is 5.92 Å². The summed E-state index contributed by atoms with van der Waals surface area (Å²) in [4.78, 5) is 0. The van der Waals surface area contributed by atoms with Crippen LogP contribution in [0.3, 0.4) is 0 Å². The number of benzene rings is 1. The first kappa shape index (κ1) is 14.8. The third-order valence-corrected chi connectivity index (χ3v) is 3.62. The molecule has 0 aliphatic rings. The third-order valence-electron chi connectivity index (χ3n) is 2.88. The van der Waals surface area contributed by atoms with Crippen molar-refractivity contribution in [1.82, 2.24) is 5.32 Å². The fourth-order valence-corrected chi connectivity index (χ4v) is 2.51. The van der Waals surface area contributed by atoms with Gasteiger partial charge in [-0.3, -0.25) is 0 Å². The Morgan fingerprint density at radius 1 is 1.18 bits per heavy atom. The molecule has 0 heterocycles. The predicted octanol–water partition coefficient (Wildman–Crippen LogP) is 4.56. The molecule has 0 saturated heterocycles. The maximum atomic E-state index is 6.01. The standard InChI is InChI=1S/C14H21Cl2N/c1-4-17-11(3)7-10(2)8-12-5-6-13(15)14(16)9-12/h5-6,9-11,17H,4,7-8H2,1-3H3. The lowest BCUT2D eigenvalue weighted by Gasteiger charge is -2.18. The normalized spacial score (nSPS) is 14.6. The molecular formula is C14H21Cl2N. The summed E-state index contributed by atoms with van der Waals surface area (Å²) in [6, 6.07) is 6.47. The summed E-state index contributed by atoms with van der Waals surface area (Å²) >= 11 is 11.9. The van der Waals surface area contributed by atoms with Crippen molar-refractivity contribution < 1.29 is 0 Å². The summed E-state index contributed by atoms with van der Waals surface area (Å²) in [5, 5.41) is 4.71. The number of rotatable bonds is 6. The fourth-order valence-electron chi connectivity index (χ4n) is 2.19. The van der Waals surface area contributed by atoms with Crippen molar-refractivity contribution in [2.75, 3.05) is 6.54 Å². The lowest BCUT2D eigenvalue weighted by molar-refractivity contribution is 0.426. The molecule has 3 heteroatoms. The van der Waals surface area contributed by atoms with Gasteiger partial charge in [-0.05, 0) is 49.9 Å². The van der Waals surface area contributed by atoms with Crippen LogP contribution in [0.1, 0.15) is 32.8 Å². The highest BCUT2D eigenvalue weighted by Gasteiger charge is 2.09. The van der Waals surface area contributed by atoms with Gasteiger partial charge in [0.25, 0.3) is 0 Å². The van der Waals surface area contributed by atoms with Crippen LogP contribution in [0.25, 0.3) is 0 Å². The van der Waals surface area contributed by atoms with Gasteiger partial charge in [0.15, 0.2) is 0 Å². The van der Waals surface area contributed by atoms with E-state index >= 15 is 0 Å². The molecule has 0 saturated carbocycles. The van der Waals surface area contributed by atoms with E-state index in [9.17, 15) is 0 Å². The molecular weight excluding hydrogens is 253 g/mol. The Bertz CT molecular complexity index is 352. The van der Waals surface area contributed by atoms with E-state index in [0.29, 0.717) is 22.0 Å². The molecule has 0 amide bonds. The average molecular weight is 274 g/mol. The Hall–Kier alpha value is -0.240. The highest BCUT2D eigenvalue weighted by molar-refractivity contribution is 6.42. The van der Waals surface area contributed by atoms with Gasteiger partial charge in [0.05, 0.1) is 10.0 Å². The summed E-state index contributed by atoms with van der Waals surface area (Å²) in [6.07, 6.45) is 2.22. The van der Waals surface area contributed by atoms with Crippen LogP contribution in [0.5, 0.6) is 0 Å². The summed E-state index contributed by atoms with van der Waals surface area (Å²) < 4.78 is 0. The molecule has 0 radical (unpaired) electrons. The van der Waals surface area contributed by atoms with Crippen LogP contribution in [-0.4, -0.2) is 12.6 Å². The van der Waals surface area contributed by atoms with E-state index in [1.165, 1.54) is 12.0 Å². The van der Waals surface area contributed by atoms with Gasteiger partial charge >= 0.3 is 0 Å². The Labute approximate surface area is 115 Å². The van der Waals surface area contributed by atoms with Crippen molar-refractivity contribution >= 4 is 23.2 Å². The molecule has 2 unspecified atom stereocenters. The van der Waals surface area contributed by atoms with Gasteiger partial charge in [0.1, 0.15) is 0 Å². The maximum absolute atomic E-state index is 6.01. The van der Waals surface area contributed by atoms with E-state index in [1.807, 2.05) is 12.1 Å². The Morgan fingerprint density at radius 2 is 1.88 bits per heavy atom. The van der Waals surface area contributed by atoms with Gasteiger partial charge in [0, 0.05) is 6.04 Å². The van der Waals surface area contributed by atoms with Crippen molar-refractivity contribution in [3.05, 3.63) is 33.8 Å². The molecule has 1 nitrogen and oxygen atoms in total. The van der Waals surface area contributed by atoms with Crippen LogP contribution in [-0.2, 0) is 6.42 Å². The van der Waals surface area contributed by atoms with E-state index in [0.717, 1.165) is 13.0 Å². The van der Waals surface area contributed by atoms with Crippen molar-refractivity contribution in [2.45, 2.75) is 39.7 Å². The van der Waals surface area contributed by atoms with E-state index in [4.69, 9.17) is 23.2 Å². The van der Waals surface area contributed by atoms with Crippen LogP contribution >= 0.6 is 23.2 Å². The van der Waals surface area contributed by atoms with Gasteiger partial charge < -0.3 is 5.32 Å². The number of hydrogen-bond acceptors (Lipinski definition) is 1. The molecule has 0 aliphatic heterocycles. The van der Waals surface area contributed by atoms with Crippen LogP contribution in [0.15, 0.2) is 18.2 Å². The zero-order chi connectivity index (χ0) is 12.8. The Kier molecular flexibility index (Phi) is 6.32. The zero-order valence-electron chi connectivity index (χ0n) is 10.8. The first-order chi connectivity index (χ1) is 8.02. The van der Waals surface area contributed by atoms with E-state index in [1.54, 1.807) is 0 Å². The second-order valence-electron chi connectivity index (χ2n) is 4.75. The zero-order valence-corrected chi connectivity index (χ0v) is 12.3. The van der Waals surface area contributed by atoms with E-state index in [2.05, 4.69) is 32.2 Å². The van der Waals surface area contributed by atoms with Gasteiger partial charge in [-0.15, -0.1) is 0 Å². The van der Waals surface area contributed by atoms with Crippen LogP contribution in [0.4, 0.5) is 0 Å². The van der Waals surface area contributed by atoms with Gasteiger partial charge in [0.2, 0.25) is 0 Å². The second-order valence-corrected chi connectivity index (χ2v) is 5.57. The van der Waals surface area contributed by atoms with Crippen molar-refractivity contribution in [2.24, 2.45) is 5.92 Å². The van der Waals surface area contributed by atoms with Crippen molar-refractivity contribution in [1.29, 1.82) is 0 Å². The first-order valence-electron chi connectivity index (χ1n) is 6.20. The molecule has 0 aliphatic carbocycles. The van der Waals surface area contributed by atoms with Crippen molar-refractivity contribution in [3.8, 4) is 0 Å². The summed E-state index contributed by atoms with van der Waals surface area (Å²) in [6.45, 7) is 7.67. The molecule has 1 rings (SSSR count). The minimum absolute atomic E-state index is 0.567. The largest absolute Gasteiger partial charge is 0.315 e. The predicted molar refractivity (Wildman–Crippen MR) is 77.1 cm³/mol. The molecule has 17 heavy (non-hydrogen) atoms. The molecule has 1 N–H and O–H groups in total. The van der Waals surface area contributed by atoms with Gasteiger partial charge in [-0.2, -0.15) is 0 Å². The Balaban J connectivity index is 2.50. The highest BCUT2D eigenvalue weighted by atomic mass is 35.5. The smallest absolute Gasteiger partial charge is 0.0595 e. The average Bonchev–Trinajstić information content (AvgIpc) is 2.23. The first-order valence-corrected chi connectivity index (χ1v) is 6.95. The molecule has 0 spiro atoms. The minimum Gasteiger partial charge on any atom is -0.315 e. The molecule has 0 fully saturated rings. The molecule has 0 bridgehead atoms. The Morgan fingerprint density at radius 3 is 2.47 bits per heavy atom. The number of hydrogen-bond donors (Lipinski definition) is 1. The van der Waals surface area contributed by atoms with Crippen LogP contribution in [0.2, 0.25) is 10.0 Å². The monoisotopic (exact) mass is 273 g/mol. The third kappa shape index (κ3) is 5.29. The fraction of sp³-hybridized carbons (Fsp3) is 0.571. The summed E-state index contributed by atoms with van der Waals surface area (Å²) in [5.41, 5.74) is 1.26. The SMILES string of the molecule is CCNC(C)CC(C)Cc1ccc(Cl)c(Cl)c1. The lowest BCUT2D eigenvalue weighted by atomic mass is 9.95. The summed E-state index contributed by atoms with van der Waals surface area (Å²) in [7, 11) is 0. The van der Waals surface area contributed by atoms with E-state index in [-0.39, 0.29) is 0 Å². The summed E-state index contributed by atoms with van der Waals surface area (Å²) in [5.74, 6) is 0.640. The quantitative estimate of drug-likeness (QED) is 0.801. The lowest BCUT2D eigenvalue weighted by Crippen LogP contribution is -2.27. The van der Waals surface area contributed by atoms with Gasteiger partial charge in [-0.25, -0.2) is 0 Å². The molecule has 0 aromatic heterocycles. The van der Waals surface area contributed by atoms with Crippen molar-refractivity contribution in [3.63, 3.8) is 0 Å².